The summed E-state index contributed by atoms with van der Waals surface area (Å²) in [7, 11) is 0. The Kier molecular flexibility index (Phi) is 2.38. The van der Waals surface area contributed by atoms with E-state index in [1.54, 1.807) is 13.3 Å². The van der Waals surface area contributed by atoms with Crippen LogP contribution < -0.4 is 10.7 Å². The van der Waals surface area contributed by atoms with Crippen LogP contribution in [0.1, 0.15) is 12.6 Å². The quantitative estimate of drug-likeness (QED) is 0.551. The molecule has 0 saturated heterocycles. The lowest BCUT2D eigenvalue weighted by Crippen LogP contribution is -2.65. The van der Waals surface area contributed by atoms with Gasteiger partial charge in [-0.25, -0.2) is 4.98 Å². The molecule has 1 aromatic heterocycles. The van der Waals surface area contributed by atoms with E-state index in [1.807, 2.05) is 6.20 Å². The summed E-state index contributed by atoms with van der Waals surface area (Å²) < 4.78 is 0. The Hall–Kier alpha value is -1.16. The maximum absolute atomic E-state index is 10.8. The van der Waals surface area contributed by atoms with Crippen molar-refractivity contribution in [3.8, 4) is 0 Å². The first-order valence-electron chi connectivity index (χ1n) is 3.57. The van der Waals surface area contributed by atoms with E-state index >= 15 is 0 Å². The molecule has 5 N–H and O–H groups in total. The van der Waals surface area contributed by atoms with Crippen LogP contribution in [0.25, 0.3) is 0 Å². The maximum atomic E-state index is 10.8. The molecule has 11 heavy (non-hydrogen) atoms. The van der Waals surface area contributed by atoms with Crippen molar-refractivity contribution in [3.05, 3.63) is 18.2 Å². The standard InChI is InChI=1S/C7H11N3O/c1-5(11)7(8)2-6-3-9-4-10-6/h3-4,7H,2,8H2,1H3,(H,9,10)/p+2. The van der Waals surface area contributed by atoms with Gasteiger partial charge < -0.3 is 5.73 Å². The van der Waals surface area contributed by atoms with Gasteiger partial charge in [-0.15, -0.1) is 0 Å². The number of rotatable bonds is 3. The first kappa shape index (κ1) is 7.94. The van der Waals surface area contributed by atoms with Crippen LogP contribution in [-0.4, -0.2) is 16.8 Å². The largest absolute Gasteiger partial charge is 0.349 e. The highest BCUT2D eigenvalue weighted by Crippen LogP contribution is 1.92. The fraction of sp³-hybridized carbons (Fsp3) is 0.429. The molecule has 0 aliphatic rings. The van der Waals surface area contributed by atoms with Gasteiger partial charge in [-0.1, -0.05) is 0 Å². The van der Waals surface area contributed by atoms with Crippen molar-refractivity contribution in [2.24, 2.45) is 0 Å². The number of imidazole rings is 1. The molecule has 1 aromatic rings. The van der Waals surface area contributed by atoms with Crippen LogP contribution in [0.3, 0.4) is 0 Å². The molecular weight excluding hydrogens is 142 g/mol. The fourth-order valence-electron chi connectivity index (χ4n) is 0.845. The van der Waals surface area contributed by atoms with Gasteiger partial charge in [-0.05, 0) is 0 Å². The SMILES string of the molecule is CC(=O)C([NH3+])Cc1c[nH+]c[nH]1. The van der Waals surface area contributed by atoms with Crippen LogP contribution in [-0.2, 0) is 11.2 Å². The van der Waals surface area contributed by atoms with Gasteiger partial charge in [0.1, 0.15) is 11.9 Å². The number of carbonyl (C=O) groups is 1. The van der Waals surface area contributed by atoms with Crippen LogP contribution in [0.15, 0.2) is 12.5 Å². The van der Waals surface area contributed by atoms with Gasteiger partial charge in [-0.2, -0.15) is 0 Å². The molecule has 0 aromatic carbocycles. The molecule has 1 atom stereocenters. The molecule has 0 aliphatic carbocycles. The third-order valence-electron chi connectivity index (χ3n) is 1.64. The number of hydrogen-bond acceptors (Lipinski definition) is 1. The van der Waals surface area contributed by atoms with Gasteiger partial charge in [0.25, 0.3) is 0 Å². The minimum absolute atomic E-state index is 0.125. The fourth-order valence-corrected chi connectivity index (χ4v) is 0.845. The molecule has 0 saturated carbocycles. The first-order valence-corrected chi connectivity index (χ1v) is 3.57. The second-order valence-corrected chi connectivity index (χ2v) is 2.64. The lowest BCUT2D eigenvalue weighted by Gasteiger charge is -1.97. The Morgan fingerprint density at radius 2 is 2.64 bits per heavy atom. The predicted octanol–water partition coefficient (Wildman–Crippen LogP) is -1.43. The van der Waals surface area contributed by atoms with Gasteiger partial charge in [0.2, 0.25) is 6.33 Å². The smallest absolute Gasteiger partial charge is 0.239 e. The number of aromatic amines is 2. The summed E-state index contributed by atoms with van der Waals surface area (Å²) in [5.41, 5.74) is 4.74. The third-order valence-corrected chi connectivity index (χ3v) is 1.64. The molecule has 0 bridgehead atoms. The second kappa shape index (κ2) is 3.30. The monoisotopic (exact) mass is 155 g/mol. The molecule has 0 aliphatic heterocycles. The zero-order valence-corrected chi connectivity index (χ0v) is 6.55. The van der Waals surface area contributed by atoms with Crippen LogP contribution in [0, 0.1) is 0 Å². The molecule has 1 heterocycles. The topological polar surface area (TPSA) is 74.6 Å². The number of Topliss-reactive ketones (excluding diaryl/α,β-unsaturated/α-hetero) is 1. The third kappa shape index (κ3) is 2.16. The van der Waals surface area contributed by atoms with Crippen molar-refractivity contribution < 1.29 is 15.5 Å². The van der Waals surface area contributed by atoms with E-state index in [2.05, 4.69) is 15.7 Å². The molecule has 0 spiro atoms. The Balaban J connectivity index is 2.50. The maximum Gasteiger partial charge on any atom is 0.239 e. The van der Waals surface area contributed by atoms with Crippen molar-refractivity contribution in [2.45, 2.75) is 19.4 Å². The number of ketones is 1. The van der Waals surface area contributed by atoms with Gasteiger partial charge in [0.15, 0.2) is 11.8 Å². The van der Waals surface area contributed by atoms with Crippen molar-refractivity contribution in [2.75, 3.05) is 0 Å². The van der Waals surface area contributed by atoms with Crippen molar-refractivity contribution in [3.63, 3.8) is 0 Å². The molecule has 4 nitrogen and oxygen atoms in total. The van der Waals surface area contributed by atoms with E-state index in [4.69, 9.17) is 0 Å². The average Bonchev–Trinajstić information content (AvgIpc) is 2.39. The summed E-state index contributed by atoms with van der Waals surface area (Å²) in [4.78, 5) is 16.6. The molecule has 0 amide bonds. The Morgan fingerprint density at radius 3 is 3.09 bits per heavy atom. The zero-order valence-electron chi connectivity index (χ0n) is 6.55. The van der Waals surface area contributed by atoms with E-state index in [0.717, 1.165) is 5.69 Å². The highest BCUT2D eigenvalue weighted by atomic mass is 16.1. The molecule has 1 rings (SSSR count). The summed E-state index contributed by atoms with van der Waals surface area (Å²) in [5.74, 6) is 0.125. The van der Waals surface area contributed by atoms with E-state index < -0.39 is 0 Å². The second-order valence-electron chi connectivity index (χ2n) is 2.64. The number of aromatic nitrogens is 2. The van der Waals surface area contributed by atoms with Crippen molar-refractivity contribution >= 4 is 5.78 Å². The minimum atomic E-state index is -0.137. The highest BCUT2D eigenvalue weighted by molar-refractivity contribution is 5.79. The van der Waals surface area contributed by atoms with Crippen LogP contribution in [0.5, 0.6) is 0 Å². The summed E-state index contributed by atoms with van der Waals surface area (Å²) in [6.45, 7) is 1.56. The Morgan fingerprint density at radius 1 is 1.91 bits per heavy atom. The van der Waals surface area contributed by atoms with Crippen molar-refractivity contribution in [1.29, 1.82) is 0 Å². The first-order chi connectivity index (χ1) is 5.20. The summed E-state index contributed by atoms with van der Waals surface area (Å²) >= 11 is 0. The van der Waals surface area contributed by atoms with Crippen molar-refractivity contribution in [1.82, 2.24) is 4.98 Å². The minimum Gasteiger partial charge on any atom is -0.349 e. The summed E-state index contributed by atoms with van der Waals surface area (Å²) in [5, 5.41) is 0. The van der Waals surface area contributed by atoms with Crippen LogP contribution in [0.2, 0.25) is 0 Å². The molecule has 60 valence electrons. The molecule has 1 unspecified atom stereocenters. The summed E-state index contributed by atoms with van der Waals surface area (Å²) in [6, 6.07) is -0.137. The van der Waals surface area contributed by atoms with Gasteiger partial charge in [0.05, 0.1) is 6.42 Å². The number of quaternary nitrogens is 1. The predicted molar refractivity (Wildman–Crippen MR) is 38.4 cm³/mol. The van der Waals surface area contributed by atoms with E-state index in [9.17, 15) is 4.79 Å². The average molecular weight is 155 g/mol. The Bertz CT molecular complexity index is 230. The molecule has 0 fully saturated rings. The zero-order chi connectivity index (χ0) is 8.27. The molecule has 4 heteroatoms. The number of hydrogen-bond donors (Lipinski definition) is 2. The van der Waals surface area contributed by atoms with E-state index in [0.29, 0.717) is 6.42 Å². The van der Waals surface area contributed by atoms with Crippen LogP contribution in [0.4, 0.5) is 0 Å². The number of H-pyrrole nitrogens is 2. The highest BCUT2D eigenvalue weighted by Gasteiger charge is 2.15. The normalized spacial score (nSPS) is 12.9. The number of nitrogens with one attached hydrogen (secondary N) is 2. The molecule has 0 radical (unpaired) electrons. The summed E-state index contributed by atoms with van der Waals surface area (Å²) in [6.07, 6.45) is 4.24. The molecular formula is C7H13N3O+2. The lowest BCUT2D eigenvalue weighted by molar-refractivity contribution is -0.403. The van der Waals surface area contributed by atoms with E-state index in [1.165, 1.54) is 0 Å². The van der Waals surface area contributed by atoms with Gasteiger partial charge >= 0.3 is 0 Å². The van der Waals surface area contributed by atoms with Gasteiger partial charge in [-0.3, -0.25) is 9.78 Å². The van der Waals surface area contributed by atoms with Gasteiger partial charge in [0, 0.05) is 6.92 Å². The van der Waals surface area contributed by atoms with E-state index in [-0.39, 0.29) is 11.8 Å². The number of carbonyl (C=O) groups excluding carboxylic acids is 1. The lowest BCUT2D eigenvalue weighted by atomic mass is 10.1. The van der Waals surface area contributed by atoms with Crippen LogP contribution >= 0.6 is 0 Å². The Labute approximate surface area is 64.8 Å².